The number of hydrogen-bond donors (Lipinski definition) is 1. The quantitative estimate of drug-likeness (QED) is 0.834. The Hall–Kier alpha value is -1.74. The van der Waals surface area contributed by atoms with E-state index < -0.39 is 40.3 Å². The first-order valence-corrected chi connectivity index (χ1v) is 4.78. The topological polar surface area (TPSA) is 61.1 Å². The molecular weight excluding hydrogens is 259 g/mol. The minimum atomic E-state index is -4.74. The van der Waals surface area contributed by atoms with Crippen molar-refractivity contribution in [2.45, 2.75) is 12.1 Å². The third kappa shape index (κ3) is 2.68. The highest BCUT2D eigenvalue weighted by molar-refractivity contribution is 6.17. The van der Waals surface area contributed by atoms with Gasteiger partial charge in [-0.05, 0) is 17.7 Å². The van der Waals surface area contributed by atoms with Gasteiger partial charge in [-0.2, -0.15) is 18.4 Å². The Kier molecular flexibility index (Phi) is 3.63. The zero-order valence-corrected chi connectivity index (χ0v) is 8.93. The van der Waals surface area contributed by atoms with Crippen molar-refractivity contribution in [3.63, 3.8) is 0 Å². The number of halogens is 4. The molecule has 0 heterocycles. The SMILES string of the molecule is N#Cc1cc(C(=O)O)cc(CCl)c1C(F)(F)F. The number of carboxylic acid groups (broad SMARTS) is 1. The number of alkyl halides is 4. The van der Waals surface area contributed by atoms with Gasteiger partial charge in [-0.15, -0.1) is 11.6 Å². The van der Waals surface area contributed by atoms with Crippen molar-refractivity contribution in [3.05, 3.63) is 34.4 Å². The largest absolute Gasteiger partial charge is 0.478 e. The van der Waals surface area contributed by atoms with Crippen molar-refractivity contribution in [1.29, 1.82) is 5.26 Å². The average molecular weight is 264 g/mol. The summed E-state index contributed by atoms with van der Waals surface area (Å²) in [6.45, 7) is 0. The van der Waals surface area contributed by atoms with E-state index in [0.717, 1.165) is 6.07 Å². The van der Waals surface area contributed by atoms with Crippen LogP contribution in [0, 0.1) is 11.3 Å². The molecule has 0 bridgehead atoms. The predicted octanol–water partition coefficient (Wildman–Crippen LogP) is 3.01. The van der Waals surface area contributed by atoms with Crippen LogP contribution in [-0.2, 0) is 12.1 Å². The molecule has 1 rings (SSSR count). The first kappa shape index (κ1) is 13.3. The molecule has 1 aromatic rings. The lowest BCUT2D eigenvalue weighted by Gasteiger charge is -2.13. The third-order valence-electron chi connectivity index (χ3n) is 2.01. The van der Waals surface area contributed by atoms with Crippen LogP contribution < -0.4 is 0 Å². The number of rotatable bonds is 2. The van der Waals surface area contributed by atoms with Crippen LogP contribution >= 0.6 is 11.6 Å². The van der Waals surface area contributed by atoms with E-state index in [2.05, 4.69) is 0 Å². The van der Waals surface area contributed by atoms with Gasteiger partial charge in [0.25, 0.3) is 0 Å². The molecule has 0 aliphatic rings. The maximum Gasteiger partial charge on any atom is 0.417 e. The Morgan fingerprint density at radius 1 is 1.47 bits per heavy atom. The number of nitriles is 1. The van der Waals surface area contributed by atoms with Gasteiger partial charge in [-0.3, -0.25) is 0 Å². The highest BCUT2D eigenvalue weighted by atomic mass is 35.5. The van der Waals surface area contributed by atoms with Gasteiger partial charge >= 0.3 is 12.1 Å². The standard InChI is InChI=1S/C10H5ClF3NO2/c11-3-6-1-5(9(16)17)2-7(4-15)8(6)10(12,13)14/h1-2H,3H2,(H,16,17). The zero-order valence-electron chi connectivity index (χ0n) is 8.18. The molecular formula is C10H5ClF3NO2. The molecule has 0 aliphatic heterocycles. The van der Waals surface area contributed by atoms with Gasteiger partial charge < -0.3 is 5.11 Å². The number of carboxylic acids is 1. The maximum absolute atomic E-state index is 12.7. The first-order chi connectivity index (χ1) is 7.81. The monoisotopic (exact) mass is 263 g/mol. The Bertz CT molecular complexity index is 505. The zero-order chi connectivity index (χ0) is 13.2. The van der Waals surface area contributed by atoms with Crippen molar-refractivity contribution >= 4 is 17.6 Å². The summed E-state index contributed by atoms with van der Waals surface area (Å²) in [5.74, 6) is -1.94. The fourth-order valence-electron chi connectivity index (χ4n) is 1.35. The summed E-state index contributed by atoms with van der Waals surface area (Å²) in [6.07, 6.45) is -4.74. The Morgan fingerprint density at radius 3 is 2.41 bits per heavy atom. The van der Waals surface area contributed by atoms with E-state index in [-0.39, 0.29) is 0 Å². The van der Waals surface area contributed by atoms with Gasteiger partial charge in [0.1, 0.15) is 0 Å². The third-order valence-corrected chi connectivity index (χ3v) is 2.30. The van der Waals surface area contributed by atoms with Crippen molar-refractivity contribution in [2.24, 2.45) is 0 Å². The molecule has 1 aromatic carbocycles. The Labute approximate surface area is 99.0 Å². The lowest BCUT2D eigenvalue weighted by atomic mass is 9.98. The fraction of sp³-hybridized carbons (Fsp3) is 0.200. The van der Waals surface area contributed by atoms with Crippen LogP contribution in [0.1, 0.15) is 27.0 Å². The highest BCUT2D eigenvalue weighted by Crippen LogP contribution is 2.36. The van der Waals surface area contributed by atoms with Crippen LogP contribution in [0.4, 0.5) is 13.2 Å². The van der Waals surface area contributed by atoms with Crippen molar-refractivity contribution in [2.75, 3.05) is 0 Å². The molecule has 0 spiro atoms. The second kappa shape index (κ2) is 4.63. The lowest BCUT2D eigenvalue weighted by molar-refractivity contribution is -0.138. The molecule has 90 valence electrons. The molecule has 17 heavy (non-hydrogen) atoms. The molecule has 0 radical (unpaired) electrons. The summed E-state index contributed by atoms with van der Waals surface area (Å²) in [4.78, 5) is 10.7. The summed E-state index contributed by atoms with van der Waals surface area (Å²) < 4.78 is 38.0. The second-order valence-electron chi connectivity index (χ2n) is 3.11. The minimum absolute atomic E-state index is 0.398. The van der Waals surface area contributed by atoms with E-state index in [1.807, 2.05) is 0 Å². The van der Waals surface area contributed by atoms with Gasteiger partial charge in [0.05, 0.1) is 22.8 Å². The summed E-state index contributed by atoms with van der Waals surface area (Å²) in [7, 11) is 0. The van der Waals surface area contributed by atoms with Crippen LogP contribution in [0.15, 0.2) is 12.1 Å². The van der Waals surface area contributed by atoms with Crippen LogP contribution in [0.5, 0.6) is 0 Å². The van der Waals surface area contributed by atoms with Crippen LogP contribution in [0.25, 0.3) is 0 Å². The molecule has 0 aromatic heterocycles. The van der Waals surface area contributed by atoms with E-state index in [9.17, 15) is 18.0 Å². The molecule has 1 N–H and O–H groups in total. The Morgan fingerprint density at radius 2 is 2.06 bits per heavy atom. The Balaban J connectivity index is 3.61. The summed E-state index contributed by atoms with van der Waals surface area (Å²) in [5.41, 5.74) is -2.74. The van der Waals surface area contributed by atoms with E-state index >= 15 is 0 Å². The molecule has 0 saturated heterocycles. The molecule has 0 atom stereocenters. The number of carbonyl (C=O) groups is 1. The number of aromatic carboxylic acids is 1. The first-order valence-electron chi connectivity index (χ1n) is 4.24. The molecule has 0 fully saturated rings. The molecule has 7 heteroatoms. The summed E-state index contributed by atoms with van der Waals surface area (Å²) >= 11 is 5.34. The van der Waals surface area contributed by atoms with Crippen molar-refractivity contribution < 1.29 is 23.1 Å². The normalized spacial score (nSPS) is 11.0. The smallest absolute Gasteiger partial charge is 0.417 e. The molecule has 0 saturated carbocycles. The van der Waals surface area contributed by atoms with E-state index in [0.29, 0.717) is 6.07 Å². The molecule has 3 nitrogen and oxygen atoms in total. The molecule has 0 aliphatic carbocycles. The van der Waals surface area contributed by atoms with Crippen molar-refractivity contribution in [3.8, 4) is 6.07 Å². The lowest BCUT2D eigenvalue weighted by Crippen LogP contribution is -2.13. The number of hydrogen-bond acceptors (Lipinski definition) is 2. The van der Waals surface area contributed by atoms with E-state index in [1.165, 1.54) is 6.07 Å². The number of nitrogens with zero attached hydrogens (tertiary/aromatic N) is 1. The number of benzene rings is 1. The van der Waals surface area contributed by atoms with Gasteiger partial charge in [0.15, 0.2) is 0 Å². The predicted molar refractivity (Wildman–Crippen MR) is 52.7 cm³/mol. The van der Waals surface area contributed by atoms with E-state index in [4.69, 9.17) is 22.0 Å². The fourth-order valence-corrected chi connectivity index (χ4v) is 1.56. The average Bonchev–Trinajstić information content (AvgIpc) is 2.25. The van der Waals surface area contributed by atoms with Gasteiger partial charge in [0.2, 0.25) is 0 Å². The molecule has 0 unspecified atom stereocenters. The highest BCUT2D eigenvalue weighted by Gasteiger charge is 2.36. The van der Waals surface area contributed by atoms with Gasteiger partial charge in [-0.25, -0.2) is 4.79 Å². The minimum Gasteiger partial charge on any atom is -0.478 e. The van der Waals surface area contributed by atoms with Crippen LogP contribution in [-0.4, -0.2) is 11.1 Å². The molecule has 0 amide bonds. The van der Waals surface area contributed by atoms with E-state index in [1.54, 1.807) is 0 Å². The van der Waals surface area contributed by atoms with Gasteiger partial charge in [0, 0.05) is 5.88 Å². The second-order valence-corrected chi connectivity index (χ2v) is 3.37. The van der Waals surface area contributed by atoms with Crippen molar-refractivity contribution in [1.82, 2.24) is 0 Å². The van der Waals surface area contributed by atoms with Crippen LogP contribution in [0.3, 0.4) is 0 Å². The summed E-state index contributed by atoms with van der Waals surface area (Å²) in [5, 5.41) is 17.3. The van der Waals surface area contributed by atoms with Crippen LogP contribution in [0.2, 0.25) is 0 Å². The maximum atomic E-state index is 12.7. The summed E-state index contributed by atoms with van der Waals surface area (Å²) in [6, 6.07) is 2.83. The van der Waals surface area contributed by atoms with Gasteiger partial charge in [-0.1, -0.05) is 0 Å².